The summed E-state index contributed by atoms with van der Waals surface area (Å²) in [6.07, 6.45) is 8.22. The van der Waals surface area contributed by atoms with Crippen molar-refractivity contribution in [3.63, 3.8) is 0 Å². The van der Waals surface area contributed by atoms with Crippen molar-refractivity contribution in [3.05, 3.63) is 0 Å². The maximum absolute atomic E-state index is 2.49. The molecule has 1 atom stereocenters. The van der Waals surface area contributed by atoms with E-state index in [1.54, 1.807) is 0 Å². The molecule has 0 aromatic heterocycles. The first-order valence-corrected chi connectivity index (χ1v) is 6.39. The lowest BCUT2D eigenvalue weighted by molar-refractivity contribution is 0.296. The molecule has 0 spiro atoms. The summed E-state index contributed by atoms with van der Waals surface area (Å²) in [5.41, 5.74) is 0. The fraction of sp³-hybridized carbons (Fsp3) is 1.00. The maximum atomic E-state index is 2.49. The Labute approximate surface area is 90.9 Å². The first kappa shape index (κ1) is 14.0. The Morgan fingerprint density at radius 3 is 2.29 bits per heavy atom. The summed E-state index contributed by atoms with van der Waals surface area (Å²) in [5, 5.41) is 0. The Balaban J connectivity index is 3.23. The van der Waals surface area contributed by atoms with Crippen molar-refractivity contribution < 1.29 is 0 Å². The van der Waals surface area contributed by atoms with Crippen LogP contribution in [0.5, 0.6) is 0 Å². The quantitative estimate of drug-likeness (QED) is 0.508. The minimum Gasteiger partial charge on any atom is -0.306 e. The molecule has 1 unspecified atom stereocenters. The summed E-state index contributed by atoms with van der Waals surface area (Å²) in [4.78, 5) is 2.49. The van der Waals surface area contributed by atoms with E-state index in [9.17, 15) is 0 Å². The van der Waals surface area contributed by atoms with E-state index in [0.717, 1.165) is 5.92 Å². The predicted octanol–water partition coefficient (Wildman–Crippen LogP) is 3.93. The van der Waals surface area contributed by atoms with E-state index in [1.807, 2.05) is 0 Å². The smallest absolute Gasteiger partial charge is 0.00193 e. The third kappa shape index (κ3) is 8.55. The zero-order valence-corrected chi connectivity index (χ0v) is 10.7. The van der Waals surface area contributed by atoms with Crippen LogP contribution < -0.4 is 0 Å². The summed E-state index contributed by atoms with van der Waals surface area (Å²) in [7, 11) is 2.26. The monoisotopic (exact) mass is 199 g/mol. The Morgan fingerprint density at radius 2 is 1.71 bits per heavy atom. The lowest BCUT2D eigenvalue weighted by Gasteiger charge is -2.18. The zero-order valence-electron chi connectivity index (χ0n) is 10.7. The highest BCUT2D eigenvalue weighted by Crippen LogP contribution is 2.07. The summed E-state index contributed by atoms with van der Waals surface area (Å²) in [6, 6.07) is 0. The molecule has 0 heterocycles. The van der Waals surface area contributed by atoms with Gasteiger partial charge in [-0.3, -0.25) is 0 Å². The SMILES string of the molecule is CCCCCCN(C)CCC(C)CC. The summed E-state index contributed by atoms with van der Waals surface area (Å²) >= 11 is 0. The summed E-state index contributed by atoms with van der Waals surface area (Å²) in [5.74, 6) is 0.896. The second-order valence-corrected chi connectivity index (χ2v) is 4.67. The summed E-state index contributed by atoms with van der Waals surface area (Å²) < 4.78 is 0. The Bertz CT molecular complexity index is 112. The van der Waals surface area contributed by atoms with Crippen LogP contribution in [0.3, 0.4) is 0 Å². The van der Waals surface area contributed by atoms with Gasteiger partial charge < -0.3 is 4.90 Å². The van der Waals surface area contributed by atoms with E-state index in [0.29, 0.717) is 0 Å². The van der Waals surface area contributed by atoms with Gasteiger partial charge in [-0.05, 0) is 38.9 Å². The standard InChI is InChI=1S/C13H29N/c1-5-7-8-9-11-14(4)12-10-13(3)6-2/h13H,5-12H2,1-4H3. The Kier molecular flexibility index (Phi) is 9.49. The molecule has 0 saturated carbocycles. The van der Waals surface area contributed by atoms with Gasteiger partial charge in [0.15, 0.2) is 0 Å². The third-order valence-corrected chi connectivity index (χ3v) is 3.09. The van der Waals surface area contributed by atoms with E-state index >= 15 is 0 Å². The molecule has 0 aliphatic rings. The van der Waals surface area contributed by atoms with Crippen LogP contribution in [0, 0.1) is 5.92 Å². The molecule has 0 amide bonds. The molecule has 0 aromatic carbocycles. The average Bonchev–Trinajstić information content (AvgIpc) is 2.21. The minimum absolute atomic E-state index is 0.896. The van der Waals surface area contributed by atoms with Gasteiger partial charge in [0.05, 0.1) is 0 Å². The molecular formula is C13H29N. The Morgan fingerprint density at radius 1 is 1.00 bits per heavy atom. The van der Waals surface area contributed by atoms with Gasteiger partial charge in [0.1, 0.15) is 0 Å². The van der Waals surface area contributed by atoms with Gasteiger partial charge in [-0.15, -0.1) is 0 Å². The highest BCUT2D eigenvalue weighted by Gasteiger charge is 2.02. The normalized spacial score (nSPS) is 13.5. The van der Waals surface area contributed by atoms with Gasteiger partial charge in [0.25, 0.3) is 0 Å². The molecule has 0 rings (SSSR count). The van der Waals surface area contributed by atoms with Crippen LogP contribution >= 0.6 is 0 Å². The first-order chi connectivity index (χ1) is 6.70. The molecule has 0 aliphatic carbocycles. The molecule has 0 saturated heterocycles. The van der Waals surface area contributed by atoms with Crippen molar-refractivity contribution in [2.24, 2.45) is 5.92 Å². The molecule has 0 N–H and O–H groups in total. The number of nitrogens with zero attached hydrogens (tertiary/aromatic N) is 1. The fourth-order valence-corrected chi connectivity index (χ4v) is 1.57. The van der Waals surface area contributed by atoms with Gasteiger partial charge in [-0.25, -0.2) is 0 Å². The zero-order chi connectivity index (χ0) is 10.8. The van der Waals surface area contributed by atoms with E-state index in [4.69, 9.17) is 0 Å². The second-order valence-electron chi connectivity index (χ2n) is 4.67. The molecule has 1 heteroatoms. The number of hydrogen-bond donors (Lipinski definition) is 0. The molecule has 0 aliphatic heterocycles. The molecule has 0 bridgehead atoms. The molecule has 86 valence electrons. The molecular weight excluding hydrogens is 170 g/mol. The van der Waals surface area contributed by atoms with Crippen molar-refractivity contribution in [3.8, 4) is 0 Å². The van der Waals surface area contributed by atoms with Crippen LogP contribution in [-0.2, 0) is 0 Å². The van der Waals surface area contributed by atoms with Gasteiger partial charge >= 0.3 is 0 Å². The first-order valence-electron chi connectivity index (χ1n) is 6.39. The Hall–Kier alpha value is -0.0400. The van der Waals surface area contributed by atoms with E-state index in [1.165, 1.54) is 51.6 Å². The topological polar surface area (TPSA) is 3.24 Å². The van der Waals surface area contributed by atoms with E-state index in [-0.39, 0.29) is 0 Å². The number of hydrogen-bond acceptors (Lipinski definition) is 1. The maximum Gasteiger partial charge on any atom is -0.00193 e. The largest absolute Gasteiger partial charge is 0.306 e. The van der Waals surface area contributed by atoms with Crippen LogP contribution in [0.4, 0.5) is 0 Å². The van der Waals surface area contributed by atoms with Crippen LogP contribution in [-0.4, -0.2) is 25.0 Å². The second kappa shape index (κ2) is 9.51. The van der Waals surface area contributed by atoms with E-state index < -0.39 is 0 Å². The minimum atomic E-state index is 0.896. The molecule has 1 nitrogen and oxygen atoms in total. The van der Waals surface area contributed by atoms with Crippen molar-refractivity contribution in [2.45, 2.75) is 59.3 Å². The average molecular weight is 199 g/mol. The van der Waals surface area contributed by atoms with Crippen molar-refractivity contribution >= 4 is 0 Å². The highest BCUT2D eigenvalue weighted by molar-refractivity contribution is 4.56. The number of rotatable bonds is 9. The molecule has 0 radical (unpaired) electrons. The fourth-order valence-electron chi connectivity index (χ4n) is 1.57. The van der Waals surface area contributed by atoms with Crippen LogP contribution in [0.25, 0.3) is 0 Å². The molecule has 14 heavy (non-hydrogen) atoms. The van der Waals surface area contributed by atoms with Gasteiger partial charge in [0, 0.05) is 0 Å². The number of unbranched alkanes of at least 4 members (excludes halogenated alkanes) is 3. The lowest BCUT2D eigenvalue weighted by atomic mass is 10.1. The molecule has 0 fully saturated rings. The van der Waals surface area contributed by atoms with Crippen molar-refractivity contribution in [1.29, 1.82) is 0 Å². The molecule has 0 aromatic rings. The van der Waals surface area contributed by atoms with Crippen LogP contribution in [0.15, 0.2) is 0 Å². The van der Waals surface area contributed by atoms with Crippen molar-refractivity contribution in [1.82, 2.24) is 4.90 Å². The summed E-state index contributed by atoms with van der Waals surface area (Å²) in [6.45, 7) is 9.47. The third-order valence-electron chi connectivity index (χ3n) is 3.09. The van der Waals surface area contributed by atoms with Crippen LogP contribution in [0.1, 0.15) is 59.3 Å². The van der Waals surface area contributed by atoms with Crippen molar-refractivity contribution in [2.75, 3.05) is 20.1 Å². The predicted molar refractivity (Wildman–Crippen MR) is 65.7 cm³/mol. The van der Waals surface area contributed by atoms with Gasteiger partial charge in [-0.2, -0.15) is 0 Å². The van der Waals surface area contributed by atoms with E-state index in [2.05, 4.69) is 32.7 Å². The van der Waals surface area contributed by atoms with Gasteiger partial charge in [-0.1, -0.05) is 46.5 Å². The van der Waals surface area contributed by atoms with Gasteiger partial charge in [0.2, 0.25) is 0 Å². The van der Waals surface area contributed by atoms with Crippen LogP contribution in [0.2, 0.25) is 0 Å². The highest BCUT2D eigenvalue weighted by atomic mass is 15.1. The lowest BCUT2D eigenvalue weighted by Crippen LogP contribution is -2.22.